The zero-order valence-corrected chi connectivity index (χ0v) is 5.63. The summed E-state index contributed by atoms with van der Waals surface area (Å²) < 4.78 is 4.93. The third-order valence-corrected chi connectivity index (χ3v) is 0.705. The molecule has 2 heteroatoms. The van der Waals surface area contributed by atoms with Crippen molar-refractivity contribution < 1.29 is 9.84 Å². The topological polar surface area (TPSA) is 29.5 Å². The highest BCUT2D eigenvalue weighted by Gasteiger charge is 1.91. The van der Waals surface area contributed by atoms with Crippen LogP contribution in [0.15, 0.2) is 18.4 Å². The van der Waals surface area contributed by atoms with Crippen molar-refractivity contribution in [1.29, 1.82) is 0 Å². The molecule has 0 aliphatic carbocycles. The summed E-state index contributed by atoms with van der Waals surface area (Å²) in [6, 6.07) is 0. The Balaban J connectivity index is 3.00. The van der Waals surface area contributed by atoms with E-state index in [-0.39, 0.29) is 6.10 Å². The Morgan fingerprint density at radius 1 is 1.89 bits per heavy atom. The lowest BCUT2D eigenvalue weighted by Crippen LogP contribution is -2.09. The van der Waals surface area contributed by atoms with Crippen molar-refractivity contribution in [1.82, 2.24) is 0 Å². The Bertz CT molecular complexity index is 101. The molecular weight excluding hydrogens is 116 g/mol. The third kappa shape index (κ3) is 7.44. The van der Waals surface area contributed by atoms with Crippen molar-refractivity contribution in [2.24, 2.45) is 0 Å². The molecule has 0 amide bonds. The van der Waals surface area contributed by atoms with Crippen LogP contribution in [-0.4, -0.2) is 24.4 Å². The fourth-order valence-electron chi connectivity index (χ4n) is 0.356. The van der Waals surface area contributed by atoms with E-state index in [0.717, 1.165) is 0 Å². The SMILES string of the molecule is C=C=CCOCC(C)O. The van der Waals surface area contributed by atoms with Gasteiger partial charge in [0, 0.05) is 0 Å². The van der Waals surface area contributed by atoms with E-state index in [1.807, 2.05) is 0 Å². The second-order valence-corrected chi connectivity index (χ2v) is 1.79. The molecule has 0 aliphatic rings. The molecule has 0 rings (SSSR count). The molecule has 0 aromatic heterocycles. The predicted octanol–water partition coefficient (Wildman–Crippen LogP) is 0.725. The number of rotatable bonds is 4. The molecule has 0 saturated heterocycles. The molecule has 1 unspecified atom stereocenters. The van der Waals surface area contributed by atoms with Crippen LogP contribution in [0, 0.1) is 0 Å². The van der Waals surface area contributed by atoms with Crippen molar-refractivity contribution in [3.63, 3.8) is 0 Å². The minimum absolute atomic E-state index is 0.373. The number of ether oxygens (including phenoxy) is 1. The average Bonchev–Trinajstić information content (AvgIpc) is 1.80. The molecule has 2 nitrogen and oxygen atoms in total. The molecule has 0 radical (unpaired) electrons. The Labute approximate surface area is 55.5 Å². The fourth-order valence-corrected chi connectivity index (χ4v) is 0.356. The van der Waals surface area contributed by atoms with Gasteiger partial charge < -0.3 is 9.84 Å². The Kier molecular flexibility index (Phi) is 5.23. The Morgan fingerprint density at radius 2 is 2.56 bits per heavy atom. The van der Waals surface area contributed by atoms with E-state index >= 15 is 0 Å². The van der Waals surface area contributed by atoms with Crippen LogP contribution in [0.25, 0.3) is 0 Å². The Hall–Kier alpha value is -0.560. The second-order valence-electron chi connectivity index (χ2n) is 1.79. The van der Waals surface area contributed by atoms with E-state index in [0.29, 0.717) is 13.2 Å². The van der Waals surface area contributed by atoms with E-state index < -0.39 is 0 Å². The lowest BCUT2D eigenvalue weighted by Gasteiger charge is -2.01. The number of aliphatic hydroxyl groups is 1. The van der Waals surface area contributed by atoms with Crippen molar-refractivity contribution in [2.45, 2.75) is 13.0 Å². The first-order valence-electron chi connectivity index (χ1n) is 2.87. The molecule has 0 saturated carbocycles. The standard InChI is InChI=1S/C7H12O2/c1-3-4-5-9-6-7(2)8/h4,7-8H,1,5-6H2,2H3. The summed E-state index contributed by atoms with van der Waals surface area (Å²) in [4.78, 5) is 0. The molecule has 1 N–H and O–H groups in total. The van der Waals surface area contributed by atoms with Gasteiger partial charge >= 0.3 is 0 Å². The van der Waals surface area contributed by atoms with Crippen LogP contribution in [0.2, 0.25) is 0 Å². The molecule has 52 valence electrons. The minimum Gasteiger partial charge on any atom is -0.391 e. The number of hydrogen-bond acceptors (Lipinski definition) is 2. The van der Waals surface area contributed by atoms with Gasteiger partial charge in [-0.05, 0) is 13.0 Å². The van der Waals surface area contributed by atoms with Gasteiger partial charge in [0.25, 0.3) is 0 Å². The maximum atomic E-state index is 8.68. The smallest absolute Gasteiger partial charge is 0.0745 e. The molecule has 0 bridgehead atoms. The van der Waals surface area contributed by atoms with Gasteiger partial charge in [-0.2, -0.15) is 0 Å². The van der Waals surface area contributed by atoms with E-state index in [4.69, 9.17) is 9.84 Å². The fraction of sp³-hybridized carbons (Fsp3) is 0.571. The van der Waals surface area contributed by atoms with E-state index in [1.54, 1.807) is 13.0 Å². The molecular formula is C7H12O2. The quantitative estimate of drug-likeness (QED) is 0.446. The van der Waals surface area contributed by atoms with Crippen molar-refractivity contribution in [3.05, 3.63) is 18.4 Å². The van der Waals surface area contributed by atoms with Crippen LogP contribution in [0.5, 0.6) is 0 Å². The van der Waals surface area contributed by atoms with Gasteiger partial charge in [-0.25, -0.2) is 0 Å². The molecule has 0 aliphatic heterocycles. The largest absolute Gasteiger partial charge is 0.391 e. The molecule has 0 aromatic carbocycles. The molecule has 0 spiro atoms. The maximum Gasteiger partial charge on any atom is 0.0745 e. The summed E-state index contributed by atoms with van der Waals surface area (Å²) in [5.41, 5.74) is 2.56. The van der Waals surface area contributed by atoms with Crippen LogP contribution in [0.1, 0.15) is 6.92 Å². The first-order chi connectivity index (χ1) is 4.27. The monoisotopic (exact) mass is 128 g/mol. The van der Waals surface area contributed by atoms with Crippen molar-refractivity contribution in [2.75, 3.05) is 13.2 Å². The van der Waals surface area contributed by atoms with Crippen molar-refractivity contribution in [3.8, 4) is 0 Å². The predicted molar refractivity (Wildman–Crippen MR) is 36.2 cm³/mol. The summed E-state index contributed by atoms with van der Waals surface area (Å²) in [6.07, 6.45) is 1.28. The zero-order chi connectivity index (χ0) is 7.11. The molecule has 1 atom stereocenters. The highest BCUT2D eigenvalue weighted by atomic mass is 16.5. The Morgan fingerprint density at radius 3 is 3.00 bits per heavy atom. The van der Waals surface area contributed by atoms with Crippen LogP contribution < -0.4 is 0 Å². The minimum atomic E-state index is -0.386. The lowest BCUT2D eigenvalue weighted by molar-refractivity contribution is 0.0599. The summed E-state index contributed by atoms with van der Waals surface area (Å²) in [6.45, 7) is 5.89. The lowest BCUT2D eigenvalue weighted by atomic mass is 10.4. The van der Waals surface area contributed by atoms with Gasteiger partial charge in [0.2, 0.25) is 0 Å². The van der Waals surface area contributed by atoms with Gasteiger partial charge in [-0.3, -0.25) is 0 Å². The average molecular weight is 128 g/mol. The number of aliphatic hydroxyl groups excluding tert-OH is 1. The summed E-state index contributed by atoms with van der Waals surface area (Å²) in [5, 5.41) is 8.68. The van der Waals surface area contributed by atoms with Gasteiger partial charge in [0.05, 0.1) is 19.3 Å². The third-order valence-electron chi connectivity index (χ3n) is 0.705. The molecule has 0 heterocycles. The van der Waals surface area contributed by atoms with E-state index in [2.05, 4.69) is 12.3 Å². The zero-order valence-electron chi connectivity index (χ0n) is 5.63. The van der Waals surface area contributed by atoms with Gasteiger partial charge in [-0.1, -0.05) is 6.58 Å². The molecule has 0 aromatic rings. The first-order valence-corrected chi connectivity index (χ1v) is 2.87. The van der Waals surface area contributed by atoms with Crippen molar-refractivity contribution >= 4 is 0 Å². The number of hydrogen-bond donors (Lipinski definition) is 1. The summed E-state index contributed by atoms with van der Waals surface area (Å²) >= 11 is 0. The van der Waals surface area contributed by atoms with Crippen LogP contribution in [-0.2, 0) is 4.74 Å². The van der Waals surface area contributed by atoms with E-state index in [1.165, 1.54) is 0 Å². The van der Waals surface area contributed by atoms with Crippen LogP contribution in [0.3, 0.4) is 0 Å². The molecule has 9 heavy (non-hydrogen) atoms. The van der Waals surface area contributed by atoms with Crippen LogP contribution in [0.4, 0.5) is 0 Å². The maximum absolute atomic E-state index is 8.68. The normalized spacial score (nSPS) is 12.2. The van der Waals surface area contributed by atoms with Gasteiger partial charge in [0.15, 0.2) is 0 Å². The first kappa shape index (κ1) is 8.44. The van der Waals surface area contributed by atoms with E-state index in [9.17, 15) is 0 Å². The summed E-state index contributed by atoms with van der Waals surface area (Å²) in [7, 11) is 0. The van der Waals surface area contributed by atoms with Gasteiger partial charge in [0.1, 0.15) is 0 Å². The van der Waals surface area contributed by atoms with Crippen LogP contribution >= 0.6 is 0 Å². The summed E-state index contributed by atoms with van der Waals surface area (Å²) in [5.74, 6) is 0. The highest BCUT2D eigenvalue weighted by Crippen LogP contribution is 1.81. The molecule has 0 fully saturated rings. The highest BCUT2D eigenvalue weighted by molar-refractivity contribution is 4.74. The second kappa shape index (κ2) is 5.57. The van der Waals surface area contributed by atoms with Gasteiger partial charge in [-0.15, -0.1) is 5.73 Å².